The van der Waals surface area contributed by atoms with Gasteiger partial charge in [0, 0.05) is 38.0 Å². The zero-order valence-electron chi connectivity index (χ0n) is 10.8. The molecule has 0 spiro atoms. The maximum Gasteiger partial charge on any atom is 0.0587 e. The van der Waals surface area contributed by atoms with E-state index in [0.717, 1.165) is 25.6 Å². The largest absolute Gasteiger partial charge is 0.383 e. The maximum atomic E-state index is 5.06. The third kappa shape index (κ3) is 2.67. The predicted molar refractivity (Wildman–Crippen MR) is 69.1 cm³/mol. The number of hydrogen-bond donors (Lipinski definition) is 1. The van der Waals surface area contributed by atoms with E-state index in [-0.39, 0.29) is 0 Å². The molecular formula is C14H22N2O. The van der Waals surface area contributed by atoms with Crippen molar-refractivity contribution in [1.82, 2.24) is 10.3 Å². The van der Waals surface area contributed by atoms with E-state index in [4.69, 9.17) is 4.74 Å². The van der Waals surface area contributed by atoms with E-state index in [0.29, 0.717) is 5.41 Å². The first-order valence-electron chi connectivity index (χ1n) is 6.43. The first-order valence-corrected chi connectivity index (χ1v) is 6.43. The molecule has 0 saturated heterocycles. The second-order valence-corrected chi connectivity index (χ2v) is 4.87. The Morgan fingerprint density at radius 2 is 2.24 bits per heavy atom. The minimum Gasteiger partial charge on any atom is -0.383 e. The van der Waals surface area contributed by atoms with Crippen LogP contribution >= 0.6 is 0 Å². The Hall–Kier alpha value is -0.930. The molecule has 2 atom stereocenters. The molecule has 1 heterocycles. The molecule has 3 heteroatoms. The summed E-state index contributed by atoms with van der Waals surface area (Å²) in [5.74, 6) is 0.819. The summed E-state index contributed by atoms with van der Waals surface area (Å²) in [6.07, 6.45) is 6.36. The topological polar surface area (TPSA) is 34.1 Å². The lowest BCUT2D eigenvalue weighted by Crippen LogP contribution is -2.31. The molecule has 2 rings (SSSR count). The minimum absolute atomic E-state index is 0.353. The minimum atomic E-state index is 0.353. The summed E-state index contributed by atoms with van der Waals surface area (Å²) in [7, 11) is 1.74. The normalized spacial score (nSPS) is 27.1. The smallest absolute Gasteiger partial charge is 0.0587 e. The van der Waals surface area contributed by atoms with Crippen LogP contribution in [0, 0.1) is 5.92 Å². The van der Waals surface area contributed by atoms with Gasteiger partial charge in [0.25, 0.3) is 0 Å². The first kappa shape index (κ1) is 12.5. The third-order valence-electron chi connectivity index (χ3n) is 3.90. The number of hydrogen-bond acceptors (Lipinski definition) is 3. The molecule has 94 valence electrons. The molecule has 2 unspecified atom stereocenters. The highest BCUT2D eigenvalue weighted by Gasteiger charge is 2.53. The van der Waals surface area contributed by atoms with Crippen LogP contribution in [0.5, 0.6) is 0 Å². The molecule has 1 fully saturated rings. The molecule has 3 nitrogen and oxygen atoms in total. The van der Waals surface area contributed by atoms with E-state index in [1.807, 2.05) is 12.4 Å². The Labute approximate surface area is 104 Å². The van der Waals surface area contributed by atoms with Gasteiger partial charge in [-0.3, -0.25) is 4.98 Å². The molecule has 17 heavy (non-hydrogen) atoms. The number of rotatable bonds is 7. The maximum absolute atomic E-state index is 5.06. The van der Waals surface area contributed by atoms with Gasteiger partial charge in [-0.1, -0.05) is 13.3 Å². The third-order valence-corrected chi connectivity index (χ3v) is 3.90. The van der Waals surface area contributed by atoms with E-state index in [2.05, 4.69) is 29.4 Å². The van der Waals surface area contributed by atoms with Crippen LogP contribution in [0.15, 0.2) is 24.5 Å². The fourth-order valence-electron chi connectivity index (χ4n) is 2.76. The molecule has 0 amide bonds. The van der Waals surface area contributed by atoms with Gasteiger partial charge in [-0.2, -0.15) is 0 Å². The van der Waals surface area contributed by atoms with E-state index < -0.39 is 0 Å². The summed E-state index contributed by atoms with van der Waals surface area (Å²) in [5, 5.41) is 3.51. The van der Waals surface area contributed by atoms with Gasteiger partial charge in [-0.15, -0.1) is 0 Å². The summed E-state index contributed by atoms with van der Waals surface area (Å²) >= 11 is 0. The van der Waals surface area contributed by atoms with E-state index >= 15 is 0 Å². The van der Waals surface area contributed by atoms with Gasteiger partial charge in [0.15, 0.2) is 0 Å². The van der Waals surface area contributed by atoms with Gasteiger partial charge in [0.05, 0.1) is 6.61 Å². The van der Waals surface area contributed by atoms with Gasteiger partial charge in [-0.05, 0) is 30.0 Å². The van der Waals surface area contributed by atoms with Crippen molar-refractivity contribution in [2.24, 2.45) is 5.92 Å². The lowest BCUT2D eigenvalue weighted by Gasteiger charge is -2.18. The van der Waals surface area contributed by atoms with Crippen molar-refractivity contribution >= 4 is 0 Å². The highest BCUT2D eigenvalue weighted by Crippen LogP contribution is 2.55. The van der Waals surface area contributed by atoms with E-state index in [1.165, 1.54) is 18.4 Å². The SMILES string of the molecule is CCC1CC1(CNCCOC)c1ccncc1. The Morgan fingerprint density at radius 3 is 2.82 bits per heavy atom. The van der Waals surface area contributed by atoms with Crippen molar-refractivity contribution in [2.75, 3.05) is 26.8 Å². The monoisotopic (exact) mass is 234 g/mol. The van der Waals surface area contributed by atoms with Crippen LogP contribution in [0.2, 0.25) is 0 Å². The lowest BCUT2D eigenvalue weighted by molar-refractivity contribution is 0.198. The first-order chi connectivity index (χ1) is 8.33. The number of methoxy groups -OCH3 is 1. The highest BCUT2D eigenvalue weighted by molar-refractivity contribution is 5.32. The quantitative estimate of drug-likeness (QED) is 0.733. The van der Waals surface area contributed by atoms with Crippen molar-refractivity contribution < 1.29 is 4.74 Å². The van der Waals surface area contributed by atoms with Crippen molar-refractivity contribution in [3.8, 4) is 0 Å². The van der Waals surface area contributed by atoms with Crippen molar-refractivity contribution in [1.29, 1.82) is 0 Å². The Kier molecular flexibility index (Phi) is 4.13. The van der Waals surface area contributed by atoms with Crippen molar-refractivity contribution in [3.05, 3.63) is 30.1 Å². The van der Waals surface area contributed by atoms with Crippen LogP contribution in [0.4, 0.5) is 0 Å². The lowest BCUT2D eigenvalue weighted by atomic mass is 9.93. The molecule has 1 aliphatic rings. The van der Waals surface area contributed by atoms with E-state index in [1.54, 1.807) is 7.11 Å². The number of nitrogens with one attached hydrogen (secondary N) is 1. The average Bonchev–Trinajstić information content (AvgIpc) is 3.11. The summed E-state index contributed by atoms with van der Waals surface area (Å²) in [6, 6.07) is 4.32. The van der Waals surface area contributed by atoms with Crippen molar-refractivity contribution in [3.63, 3.8) is 0 Å². The van der Waals surface area contributed by atoms with Gasteiger partial charge in [0.2, 0.25) is 0 Å². The molecule has 0 bridgehead atoms. The van der Waals surface area contributed by atoms with Crippen LogP contribution < -0.4 is 5.32 Å². The summed E-state index contributed by atoms with van der Waals surface area (Å²) in [4.78, 5) is 4.11. The molecule has 0 aromatic carbocycles. The molecular weight excluding hydrogens is 212 g/mol. The average molecular weight is 234 g/mol. The number of nitrogens with zero attached hydrogens (tertiary/aromatic N) is 1. The Bertz CT molecular complexity index is 341. The Morgan fingerprint density at radius 1 is 1.47 bits per heavy atom. The fourth-order valence-corrected chi connectivity index (χ4v) is 2.76. The number of ether oxygens (including phenoxy) is 1. The van der Waals surface area contributed by atoms with Crippen LogP contribution in [0.1, 0.15) is 25.3 Å². The van der Waals surface area contributed by atoms with Gasteiger partial charge < -0.3 is 10.1 Å². The molecule has 1 N–H and O–H groups in total. The van der Waals surface area contributed by atoms with Crippen molar-refractivity contribution in [2.45, 2.75) is 25.2 Å². The molecule has 1 aromatic rings. The zero-order chi connectivity index (χ0) is 12.1. The molecule has 1 aromatic heterocycles. The molecule has 1 aliphatic carbocycles. The molecule has 0 radical (unpaired) electrons. The van der Waals surface area contributed by atoms with Gasteiger partial charge >= 0.3 is 0 Å². The fraction of sp³-hybridized carbons (Fsp3) is 0.643. The second kappa shape index (κ2) is 5.61. The molecule has 1 saturated carbocycles. The summed E-state index contributed by atoms with van der Waals surface area (Å²) in [5.41, 5.74) is 1.79. The standard InChI is InChI=1S/C14H22N2O/c1-3-12-10-14(12,11-16-8-9-17-2)13-4-6-15-7-5-13/h4-7,12,16H,3,8-11H2,1-2H3. The van der Waals surface area contributed by atoms with Gasteiger partial charge in [0.1, 0.15) is 0 Å². The highest BCUT2D eigenvalue weighted by atomic mass is 16.5. The second-order valence-electron chi connectivity index (χ2n) is 4.87. The summed E-state index contributed by atoms with van der Waals surface area (Å²) in [6.45, 7) is 5.05. The number of pyridine rings is 1. The van der Waals surface area contributed by atoms with Gasteiger partial charge in [-0.25, -0.2) is 0 Å². The molecule has 0 aliphatic heterocycles. The number of aromatic nitrogens is 1. The van der Waals surface area contributed by atoms with Crippen LogP contribution in [-0.2, 0) is 10.2 Å². The predicted octanol–water partition coefficient (Wildman–Crippen LogP) is 1.99. The zero-order valence-corrected chi connectivity index (χ0v) is 10.8. The van der Waals surface area contributed by atoms with Crippen LogP contribution in [-0.4, -0.2) is 31.8 Å². The van der Waals surface area contributed by atoms with Crippen LogP contribution in [0.3, 0.4) is 0 Å². The van der Waals surface area contributed by atoms with E-state index in [9.17, 15) is 0 Å². The Balaban J connectivity index is 1.97. The van der Waals surface area contributed by atoms with Crippen LogP contribution in [0.25, 0.3) is 0 Å². The summed E-state index contributed by atoms with van der Waals surface area (Å²) < 4.78 is 5.06.